The molecule has 0 aliphatic rings. The Labute approximate surface area is 208 Å². The lowest BCUT2D eigenvalue weighted by atomic mass is 10.0. The number of aromatic amines is 1. The number of para-hydroxylation sites is 1. The van der Waals surface area contributed by atoms with Gasteiger partial charge >= 0.3 is 5.97 Å². The molecule has 0 radical (unpaired) electrons. The standard InChI is InChI=1S/C23H33N5O6S/c1-12(2)7-17(23(33)34)26-21(31)18(10-29)27-22(32)19(11-35)28-20(30)15(24)8-13-9-25-16-6-4-3-5-14(13)16/h3-6,9,12,15,17-19,25,29,35H,7-8,10-11,24H2,1-2H3,(H,26,31)(H,27,32)(H,28,30)(H,33,34). The lowest BCUT2D eigenvalue weighted by molar-refractivity contribution is -0.143. The van der Waals surface area contributed by atoms with Crippen molar-refractivity contribution in [1.29, 1.82) is 0 Å². The highest BCUT2D eigenvalue weighted by Crippen LogP contribution is 2.18. The molecule has 8 N–H and O–H groups in total. The first-order valence-electron chi connectivity index (χ1n) is 11.2. The molecule has 4 atom stereocenters. The third-order valence-electron chi connectivity index (χ3n) is 5.40. The minimum atomic E-state index is -1.41. The zero-order valence-corrected chi connectivity index (χ0v) is 20.5. The van der Waals surface area contributed by atoms with Gasteiger partial charge in [-0.2, -0.15) is 12.6 Å². The number of aliphatic hydroxyl groups is 1. The van der Waals surface area contributed by atoms with Crippen LogP contribution in [0.2, 0.25) is 0 Å². The molecule has 0 bridgehead atoms. The van der Waals surface area contributed by atoms with Gasteiger partial charge in [-0.3, -0.25) is 14.4 Å². The number of hydrogen-bond acceptors (Lipinski definition) is 7. The van der Waals surface area contributed by atoms with Crippen LogP contribution in [0.4, 0.5) is 0 Å². The molecular formula is C23H33N5O6S. The SMILES string of the molecule is CC(C)CC(NC(=O)C(CO)NC(=O)C(CS)NC(=O)C(N)Cc1c[nH]c2ccccc12)C(=O)O. The van der Waals surface area contributed by atoms with Crippen LogP contribution in [-0.4, -0.2) is 75.4 Å². The smallest absolute Gasteiger partial charge is 0.326 e. The first-order valence-corrected chi connectivity index (χ1v) is 11.9. The fourth-order valence-electron chi connectivity index (χ4n) is 3.53. The Bertz CT molecular complexity index is 1040. The number of carbonyl (C=O) groups is 4. The van der Waals surface area contributed by atoms with Gasteiger partial charge in [-0.15, -0.1) is 0 Å². The summed E-state index contributed by atoms with van der Waals surface area (Å²) in [5.74, 6) is -3.53. The zero-order chi connectivity index (χ0) is 26.1. The Hall–Kier alpha value is -3.09. The van der Waals surface area contributed by atoms with Crippen molar-refractivity contribution in [3.8, 4) is 0 Å². The minimum Gasteiger partial charge on any atom is -0.480 e. The van der Waals surface area contributed by atoms with Crippen LogP contribution in [0.1, 0.15) is 25.8 Å². The number of nitrogens with one attached hydrogen (secondary N) is 4. The second kappa shape index (κ2) is 13.1. The summed E-state index contributed by atoms with van der Waals surface area (Å²) < 4.78 is 0. The molecule has 0 spiro atoms. The number of benzene rings is 1. The van der Waals surface area contributed by atoms with Crippen LogP contribution >= 0.6 is 12.6 Å². The average Bonchev–Trinajstić information content (AvgIpc) is 3.22. The lowest BCUT2D eigenvalue weighted by Gasteiger charge is -2.24. The van der Waals surface area contributed by atoms with Gasteiger partial charge in [-0.1, -0.05) is 32.0 Å². The molecule has 3 amide bonds. The highest BCUT2D eigenvalue weighted by molar-refractivity contribution is 7.80. The third kappa shape index (κ3) is 7.98. The summed E-state index contributed by atoms with van der Waals surface area (Å²) in [6, 6.07) is 2.92. The van der Waals surface area contributed by atoms with E-state index < -0.39 is 54.5 Å². The molecule has 2 aromatic rings. The van der Waals surface area contributed by atoms with Gasteiger partial charge in [0.1, 0.15) is 18.1 Å². The summed E-state index contributed by atoms with van der Waals surface area (Å²) >= 11 is 4.10. The second-order valence-electron chi connectivity index (χ2n) is 8.69. The zero-order valence-electron chi connectivity index (χ0n) is 19.7. The number of nitrogens with two attached hydrogens (primary N) is 1. The highest BCUT2D eigenvalue weighted by atomic mass is 32.1. The van der Waals surface area contributed by atoms with Crippen LogP contribution in [-0.2, 0) is 25.6 Å². The molecular weight excluding hydrogens is 474 g/mol. The maximum atomic E-state index is 12.7. The summed E-state index contributed by atoms with van der Waals surface area (Å²) in [5.41, 5.74) is 7.82. The van der Waals surface area contributed by atoms with E-state index in [1.165, 1.54) is 0 Å². The van der Waals surface area contributed by atoms with E-state index in [1.807, 2.05) is 24.3 Å². The van der Waals surface area contributed by atoms with Crippen molar-refractivity contribution >= 4 is 47.2 Å². The molecule has 0 aliphatic heterocycles. The molecule has 11 nitrogen and oxygen atoms in total. The van der Waals surface area contributed by atoms with Gasteiger partial charge in [0.05, 0.1) is 12.6 Å². The number of fused-ring (bicyclic) bond motifs is 1. The molecule has 0 aliphatic carbocycles. The molecule has 0 fully saturated rings. The van der Waals surface area contributed by atoms with E-state index in [0.29, 0.717) is 0 Å². The van der Waals surface area contributed by atoms with Gasteiger partial charge in [0.15, 0.2) is 0 Å². The van der Waals surface area contributed by atoms with Crippen LogP contribution in [0.25, 0.3) is 10.9 Å². The van der Waals surface area contributed by atoms with Crippen molar-refractivity contribution in [2.45, 2.75) is 50.9 Å². The number of hydrogen-bond donors (Lipinski definition) is 8. The Morgan fingerprint density at radius 3 is 2.20 bits per heavy atom. The van der Waals surface area contributed by atoms with Crippen LogP contribution in [0.15, 0.2) is 30.5 Å². The molecule has 1 aromatic heterocycles. The predicted molar refractivity (Wildman–Crippen MR) is 134 cm³/mol. The van der Waals surface area contributed by atoms with Crippen LogP contribution in [0, 0.1) is 5.92 Å². The van der Waals surface area contributed by atoms with E-state index in [9.17, 15) is 29.4 Å². The van der Waals surface area contributed by atoms with Crippen molar-refractivity contribution < 1.29 is 29.4 Å². The number of aliphatic hydroxyl groups excluding tert-OH is 1. The van der Waals surface area contributed by atoms with Crippen molar-refractivity contribution in [2.24, 2.45) is 11.7 Å². The van der Waals surface area contributed by atoms with E-state index in [4.69, 9.17) is 5.73 Å². The number of carbonyl (C=O) groups excluding carboxylic acids is 3. The van der Waals surface area contributed by atoms with Crippen LogP contribution < -0.4 is 21.7 Å². The summed E-state index contributed by atoms with van der Waals surface area (Å²) in [4.78, 5) is 52.3. The number of thiol groups is 1. The second-order valence-corrected chi connectivity index (χ2v) is 9.05. The quantitative estimate of drug-likeness (QED) is 0.169. The molecule has 1 heterocycles. The summed E-state index contributed by atoms with van der Waals surface area (Å²) in [6.45, 7) is 2.84. The first kappa shape index (κ1) is 28.1. The van der Waals surface area contributed by atoms with Gasteiger partial charge in [-0.25, -0.2) is 4.79 Å². The number of carboxylic acids is 1. The molecule has 2 rings (SSSR count). The summed E-state index contributed by atoms with van der Waals surface area (Å²) in [7, 11) is 0. The maximum Gasteiger partial charge on any atom is 0.326 e. The average molecular weight is 508 g/mol. The van der Waals surface area contributed by atoms with Crippen molar-refractivity contribution in [1.82, 2.24) is 20.9 Å². The van der Waals surface area contributed by atoms with E-state index in [-0.39, 0.29) is 24.5 Å². The molecule has 0 saturated carbocycles. The largest absolute Gasteiger partial charge is 0.480 e. The molecule has 192 valence electrons. The maximum absolute atomic E-state index is 12.7. The Morgan fingerprint density at radius 2 is 1.60 bits per heavy atom. The Balaban J connectivity index is 1.97. The number of aromatic nitrogens is 1. The molecule has 0 saturated heterocycles. The Morgan fingerprint density at radius 1 is 1.00 bits per heavy atom. The van der Waals surface area contributed by atoms with E-state index in [2.05, 4.69) is 33.6 Å². The third-order valence-corrected chi connectivity index (χ3v) is 5.77. The van der Waals surface area contributed by atoms with E-state index >= 15 is 0 Å². The fourth-order valence-corrected chi connectivity index (χ4v) is 3.79. The highest BCUT2D eigenvalue weighted by Gasteiger charge is 2.30. The molecule has 35 heavy (non-hydrogen) atoms. The minimum absolute atomic E-state index is 0.00388. The summed E-state index contributed by atoms with van der Waals surface area (Å²) in [6.07, 6.45) is 2.18. The van der Waals surface area contributed by atoms with Crippen molar-refractivity contribution in [3.05, 3.63) is 36.0 Å². The van der Waals surface area contributed by atoms with Gasteiger partial charge in [0, 0.05) is 22.9 Å². The topological polar surface area (TPSA) is 187 Å². The fraction of sp³-hybridized carbons (Fsp3) is 0.478. The first-order chi connectivity index (χ1) is 16.6. The lowest BCUT2D eigenvalue weighted by Crippen LogP contribution is -2.58. The molecule has 1 aromatic carbocycles. The summed E-state index contributed by atoms with van der Waals surface area (Å²) in [5, 5.41) is 27.0. The molecule has 4 unspecified atom stereocenters. The monoisotopic (exact) mass is 507 g/mol. The normalized spacial score (nSPS) is 14.7. The van der Waals surface area contributed by atoms with Gasteiger partial charge < -0.3 is 36.9 Å². The van der Waals surface area contributed by atoms with Crippen LogP contribution in [0.3, 0.4) is 0 Å². The van der Waals surface area contributed by atoms with Crippen LogP contribution in [0.5, 0.6) is 0 Å². The number of rotatable bonds is 13. The Kier molecular flexibility index (Phi) is 10.6. The van der Waals surface area contributed by atoms with Gasteiger partial charge in [-0.05, 0) is 30.4 Å². The predicted octanol–water partition coefficient (Wildman–Crippen LogP) is -0.455. The number of carboxylic acid groups (broad SMARTS) is 1. The van der Waals surface area contributed by atoms with Crippen molar-refractivity contribution in [3.63, 3.8) is 0 Å². The number of aliphatic carboxylic acids is 1. The van der Waals surface area contributed by atoms with Gasteiger partial charge in [0.25, 0.3) is 0 Å². The van der Waals surface area contributed by atoms with E-state index in [1.54, 1.807) is 20.0 Å². The number of amides is 3. The number of H-pyrrole nitrogens is 1. The van der Waals surface area contributed by atoms with Gasteiger partial charge in [0.2, 0.25) is 17.7 Å². The van der Waals surface area contributed by atoms with E-state index in [0.717, 1.165) is 16.5 Å². The molecule has 12 heteroatoms. The van der Waals surface area contributed by atoms with Crippen molar-refractivity contribution in [2.75, 3.05) is 12.4 Å².